The molecule has 0 amide bonds. The van der Waals surface area contributed by atoms with Gasteiger partial charge in [0.05, 0.1) is 0 Å². The summed E-state index contributed by atoms with van der Waals surface area (Å²) in [5.41, 5.74) is 8.42. The summed E-state index contributed by atoms with van der Waals surface area (Å²) in [5, 5.41) is 0. The van der Waals surface area contributed by atoms with E-state index >= 15 is 0 Å². The van der Waals surface area contributed by atoms with Crippen molar-refractivity contribution in [3.63, 3.8) is 0 Å². The zero-order chi connectivity index (χ0) is 11.8. The van der Waals surface area contributed by atoms with E-state index in [1.165, 1.54) is 0 Å². The van der Waals surface area contributed by atoms with Crippen LogP contribution in [0.15, 0.2) is 31.4 Å². The van der Waals surface area contributed by atoms with Crippen LogP contribution in [0.3, 0.4) is 0 Å². The summed E-state index contributed by atoms with van der Waals surface area (Å²) in [4.78, 5) is 14.2. The second-order valence-corrected chi connectivity index (χ2v) is 3.02. The van der Waals surface area contributed by atoms with Crippen molar-refractivity contribution < 1.29 is 14.4 Å². The lowest BCUT2D eigenvalue weighted by atomic mass is 10.1. The number of hydrogen-bond donors (Lipinski definition) is 3. The summed E-state index contributed by atoms with van der Waals surface area (Å²) in [6, 6.07) is 5.71. The number of nitrogens with two attached hydrogens (primary N) is 1. The van der Waals surface area contributed by atoms with E-state index in [1.54, 1.807) is 12.2 Å². The van der Waals surface area contributed by atoms with E-state index < -0.39 is 8.25 Å². The molecule has 0 aliphatic rings. The Bertz CT molecular complexity index is 373. The van der Waals surface area contributed by atoms with E-state index in [2.05, 4.69) is 13.2 Å². The molecule has 0 fully saturated rings. The molecule has 5 heteroatoms. The van der Waals surface area contributed by atoms with Gasteiger partial charge < -0.3 is 5.73 Å². The lowest BCUT2D eigenvalue weighted by Crippen LogP contribution is -1.90. The molecule has 0 aliphatic carbocycles. The molecule has 4 N–H and O–H groups in total. The summed E-state index contributed by atoms with van der Waals surface area (Å²) in [6.07, 6.45) is 3.51. The Labute approximate surface area is 89.3 Å². The van der Waals surface area contributed by atoms with Gasteiger partial charge in [0.1, 0.15) is 0 Å². The van der Waals surface area contributed by atoms with Crippen molar-refractivity contribution in [2.45, 2.75) is 0 Å². The SMILES string of the molecule is C=Cc1cccc(N)c1C=C.O=[P+](O)O. The van der Waals surface area contributed by atoms with Gasteiger partial charge in [-0.25, -0.2) is 0 Å². The van der Waals surface area contributed by atoms with Gasteiger partial charge in [-0.2, -0.15) is 0 Å². The first kappa shape index (κ1) is 13.5. The summed E-state index contributed by atoms with van der Waals surface area (Å²) in [5.74, 6) is 0. The fourth-order valence-electron chi connectivity index (χ4n) is 1.02. The van der Waals surface area contributed by atoms with Crippen LogP contribution in [0.25, 0.3) is 12.2 Å². The van der Waals surface area contributed by atoms with E-state index in [0.29, 0.717) is 0 Å². The van der Waals surface area contributed by atoms with Crippen LogP contribution in [0.4, 0.5) is 5.69 Å². The third-order valence-electron chi connectivity index (χ3n) is 1.60. The minimum atomic E-state index is -2.87. The first-order valence-corrected chi connectivity index (χ1v) is 5.17. The molecule has 0 saturated heterocycles. The van der Waals surface area contributed by atoms with Crippen LogP contribution in [0.1, 0.15) is 11.1 Å². The van der Waals surface area contributed by atoms with Crippen LogP contribution >= 0.6 is 8.25 Å². The Hall–Kier alpha value is -1.48. The van der Waals surface area contributed by atoms with Gasteiger partial charge in [-0.05, 0) is 11.6 Å². The first-order valence-electron chi connectivity index (χ1n) is 4.01. The molecule has 15 heavy (non-hydrogen) atoms. The second kappa shape index (κ2) is 6.90. The van der Waals surface area contributed by atoms with Crippen LogP contribution < -0.4 is 5.73 Å². The second-order valence-electron chi connectivity index (χ2n) is 2.51. The lowest BCUT2D eigenvalue weighted by Gasteiger charge is -2.02. The molecule has 0 aliphatic heterocycles. The van der Waals surface area contributed by atoms with Gasteiger partial charge in [0, 0.05) is 15.8 Å². The highest BCUT2D eigenvalue weighted by Gasteiger charge is 1.97. The van der Waals surface area contributed by atoms with Crippen molar-refractivity contribution in [1.29, 1.82) is 0 Å². The fourth-order valence-corrected chi connectivity index (χ4v) is 1.02. The molecule has 80 valence electrons. The summed E-state index contributed by atoms with van der Waals surface area (Å²) < 4.78 is 8.70. The number of rotatable bonds is 2. The first-order chi connectivity index (χ1) is 7.02. The van der Waals surface area contributed by atoms with E-state index in [1.807, 2.05) is 18.2 Å². The number of benzene rings is 1. The monoisotopic (exact) mass is 226 g/mol. The Kier molecular flexibility index (Phi) is 6.22. The van der Waals surface area contributed by atoms with Gasteiger partial charge in [-0.15, -0.1) is 9.79 Å². The normalized spacial score (nSPS) is 8.40. The van der Waals surface area contributed by atoms with Crippen LogP contribution in [-0.2, 0) is 4.57 Å². The predicted octanol–water partition coefficient (Wildman–Crippen LogP) is 2.18. The maximum Gasteiger partial charge on any atom is 0.692 e. The average Bonchev–Trinajstić information content (AvgIpc) is 2.16. The number of nitrogen functional groups attached to an aromatic ring is 1. The van der Waals surface area contributed by atoms with Crippen LogP contribution in [0, 0.1) is 0 Å². The smallest absolute Gasteiger partial charge is 0.398 e. The Morgan fingerprint density at radius 2 is 1.80 bits per heavy atom. The molecule has 1 aromatic carbocycles. The standard InChI is InChI=1S/C10H11N.HO3P/c1-3-8-6-5-7-10(11)9(8)4-2;1-4(2)3/h3-7H,1-2,11H2;(H-,1,2,3)/p+1. The Morgan fingerprint density at radius 3 is 2.13 bits per heavy atom. The van der Waals surface area contributed by atoms with Crippen LogP contribution in [-0.4, -0.2) is 9.79 Å². The third-order valence-corrected chi connectivity index (χ3v) is 1.60. The zero-order valence-corrected chi connectivity index (χ0v) is 9.02. The Balaban J connectivity index is 0.000000423. The molecule has 0 saturated carbocycles. The molecule has 0 unspecified atom stereocenters. The lowest BCUT2D eigenvalue weighted by molar-refractivity contribution is 0.405. The minimum absolute atomic E-state index is 0.748. The molecule has 0 aromatic heterocycles. The highest BCUT2D eigenvalue weighted by molar-refractivity contribution is 7.30. The van der Waals surface area contributed by atoms with Crippen molar-refractivity contribution in [3.05, 3.63) is 42.5 Å². The van der Waals surface area contributed by atoms with Gasteiger partial charge >= 0.3 is 8.25 Å². The van der Waals surface area contributed by atoms with E-state index in [-0.39, 0.29) is 0 Å². The highest BCUT2D eigenvalue weighted by Crippen LogP contribution is 2.18. The van der Waals surface area contributed by atoms with Gasteiger partial charge in [0.25, 0.3) is 0 Å². The van der Waals surface area contributed by atoms with E-state index in [9.17, 15) is 0 Å². The molecule has 0 bridgehead atoms. The predicted molar refractivity (Wildman–Crippen MR) is 63.1 cm³/mol. The summed E-state index contributed by atoms with van der Waals surface area (Å²) in [6.45, 7) is 7.35. The van der Waals surface area contributed by atoms with Crippen molar-refractivity contribution in [3.8, 4) is 0 Å². The fraction of sp³-hybridized carbons (Fsp3) is 0. The maximum absolute atomic E-state index is 8.70. The molecule has 0 radical (unpaired) electrons. The molecule has 0 heterocycles. The van der Waals surface area contributed by atoms with Gasteiger partial charge in [-0.1, -0.05) is 37.4 Å². The van der Waals surface area contributed by atoms with Crippen molar-refractivity contribution in [1.82, 2.24) is 0 Å². The largest absolute Gasteiger partial charge is 0.692 e. The Morgan fingerprint density at radius 1 is 1.27 bits per heavy atom. The third kappa shape index (κ3) is 5.08. The van der Waals surface area contributed by atoms with Crippen molar-refractivity contribution in [2.24, 2.45) is 0 Å². The van der Waals surface area contributed by atoms with Crippen molar-refractivity contribution in [2.75, 3.05) is 5.73 Å². The number of hydrogen-bond acceptors (Lipinski definition) is 2. The molecular formula is C10H13NO3P+. The molecular weight excluding hydrogens is 213 g/mol. The average molecular weight is 226 g/mol. The maximum atomic E-state index is 8.70. The van der Waals surface area contributed by atoms with Crippen molar-refractivity contribution >= 4 is 26.1 Å². The molecule has 1 rings (SSSR count). The molecule has 4 nitrogen and oxygen atoms in total. The van der Waals surface area contributed by atoms with Gasteiger partial charge in [0.2, 0.25) is 0 Å². The summed E-state index contributed by atoms with van der Waals surface area (Å²) >= 11 is 0. The quantitative estimate of drug-likeness (QED) is 0.533. The minimum Gasteiger partial charge on any atom is -0.398 e. The topological polar surface area (TPSA) is 83.6 Å². The molecule has 0 spiro atoms. The van der Waals surface area contributed by atoms with Gasteiger partial charge in [0.15, 0.2) is 0 Å². The van der Waals surface area contributed by atoms with E-state index in [4.69, 9.17) is 20.1 Å². The molecule has 1 aromatic rings. The van der Waals surface area contributed by atoms with Crippen LogP contribution in [0.5, 0.6) is 0 Å². The highest BCUT2D eigenvalue weighted by atomic mass is 31.1. The molecule has 0 atom stereocenters. The van der Waals surface area contributed by atoms with Gasteiger partial charge in [-0.3, -0.25) is 0 Å². The number of anilines is 1. The zero-order valence-electron chi connectivity index (χ0n) is 8.13. The summed E-state index contributed by atoms with van der Waals surface area (Å²) in [7, 11) is -2.87. The van der Waals surface area contributed by atoms with E-state index in [0.717, 1.165) is 16.8 Å². The van der Waals surface area contributed by atoms with Crippen LogP contribution in [0.2, 0.25) is 0 Å².